The van der Waals surface area contributed by atoms with Crippen LogP contribution in [0.5, 0.6) is 0 Å². The number of hydrogen-bond donors (Lipinski definition) is 0. The van der Waals surface area contributed by atoms with E-state index in [0.717, 1.165) is 18.8 Å². The van der Waals surface area contributed by atoms with Crippen LogP contribution in [0.1, 0.15) is 20.3 Å². The molecule has 2 unspecified atom stereocenters. The summed E-state index contributed by atoms with van der Waals surface area (Å²) >= 11 is 0. The van der Waals surface area contributed by atoms with Gasteiger partial charge in [-0.3, -0.25) is 4.48 Å². The summed E-state index contributed by atoms with van der Waals surface area (Å²) in [5.74, 6) is 1.34. The molecule has 0 radical (unpaired) electrons. The number of carbonyl (C=O) groups is 1. The van der Waals surface area contributed by atoms with Crippen molar-refractivity contribution < 1.29 is 13.8 Å². The maximum atomic E-state index is 12.1. The molecule has 0 aromatic carbocycles. The SMILES string of the molecule is CCC(C)C[N+]1(C)C=CC([N+](C)(C)C)=NC1=O. The maximum absolute atomic E-state index is 12.1. The van der Waals surface area contributed by atoms with E-state index >= 15 is 0 Å². The molecular formula is C13H25N3O+2. The van der Waals surface area contributed by atoms with E-state index in [4.69, 9.17) is 0 Å². The first-order valence-electron chi connectivity index (χ1n) is 6.18. The minimum Gasteiger partial charge on any atom is -0.281 e. The molecule has 17 heavy (non-hydrogen) atoms. The first-order chi connectivity index (χ1) is 7.69. The lowest BCUT2D eigenvalue weighted by Gasteiger charge is -2.32. The number of aliphatic imine (C=N–C) groups is 1. The lowest BCUT2D eigenvalue weighted by Crippen LogP contribution is -2.51. The van der Waals surface area contributed by atoms with Crippen LogP contribution in [0.4, 0.5) is 4.79 Å². The first-order valence-corrected chi connectivity index (χ1v) is 6.18. The molecule has 1 heterocycles. The van der Waals surface area contributed by atoms with Gasteiger partial charge in [-0.05, 0) is 6.42 Å². The van der Waals surface area contributed by atoms with E-state index in [-0.39, 0.29) is 6.03 Å². The van der Waals surface area contributed by atoms with E-state index in [0.29, 0.717) is 14.9 Å². The zero-order valence-corrected chi connectivity index (χ0v) is 11.9. The fraction of sp³-hybridized carbons (Fsp3) is 0.692. The molecule has 2 atom stereocenters. The number of urea groups is 1. The summed E-state index contributed by atoms with van der Waals surface area (Å²) in [7, 11) is 7.98. The Morgan fingerprint density at radius 2 is 2.00 bits per heavy atom. The molecule has 4 nitrogen and oxygen atoms in total. The zero-order valence-electron chi connectivity index (χ0n) is 11.9. The van der Waals surface area contributed by atoms with Gasteiger partial charge in [-0.2, -0.15) is 0 Å². The van der Waals surface area contributed by atoms with Crippen molar-refractivity contribution in [2.75, 3.05) is 34.7 Å². The van der Waals surface area contributed by atoms with Gasteiger partial charge in [0, 0.05) is 5.92 Å². The molecule has 0 saturated heterocycles. The molecule has 0 aromatic heterocycles. The molecular weight excluding hydrogens is 214 g/mol. The predicted molar refractivity (Wildman–Crippen MR) is 70.5 cm³/mol. The smallest absolute Gasteiger partial charge is 0.281 e. The molecule has 1 aliphatic heterocycles. The number of amides is 2. The van der Waals surface area contributed by atoms with Crippen molar-refractivity contribution in [2.45, 2.75) is 20.3 Å². The minimum atomic E-state index is -0.0594. The van der Waals surface area contributed by atoms with E-state index < -0.39 is 0 Å². The lowest BCUT2D eigenvalue weighted by atomic mass is 10.1. The Labute approximate surface area is 104 Å². The standard InChI is InChI=1S/C13H25N3O/c1-7-11(2)10-16(6)9-8-12(14-13(16)17)15(3,4)5/h8-9,11H,7,10H2,1-6H3/q+2. The third-order valence-electron chi connectivity index (χ3n) is 3.27. The second-order valence-electron chi connectivity index (χ2n) is 6.04. The van der Waals surface area contributed by atoms with Gasteiger partial charge in [-0.15, -0.1) is 4.99 Å². The van der Waals surface area contributed by atoms with E-state index in [2.05, 4.69) is 18.8 Å². The highest BCUT2D eigenvalue weighted by Gasteiger charge is 2.37. The molecule has 0 N–H and O–H groups in total. The Kier molecular flexibility index (Phi) is 3.89. The summed E-state index contributed by atoms with van der Waals surface area (Å²) in [6, 6.07) is -0.0594. The monoisotopic (exact) mass is 239 g/mol. The van der Waals surface area contributed by atoms with Crippen LogP contribution in [0.25, 0.3) is 0 Å². The fourth-order valence-corrected chi connectivity index (χ4v) is 1.83. The van der Waals surface area contributed by atoms with Gasteiger partial charge in [0.1, 0.15) is 6.20 Å². The third kappa shape index (κ3) is 3.23. The molecule has 0 bridgehead atoms. The van der Waals surface area contributed by atoms with Gasteiger partial charge in [0.25, 0.3) is 0 Å². The van der Waals surface area contributed by atoms with Crippen molar-refractivity contribution in [3.63, 3.8) is 0 Å². The van der Waals surface area contributed by atoms with Crippen molar-refractivity contribution in [3.8, 4) is 0 Å². The van der Waals surface area contributed by atoms with E-state index in [1.165, 1.54) is 0 Å². The van der Waals surface area contributed by atoms with Crippen molar-refractivity contribution in [3.05, 3.63) is 12.3 Å². The van der Waals surface area contributed by atoms with E-state index in [9.17, 15) is 4.79 Å². The largest absolute Gasteiger partial charge is 0.452 e. The summed E-state index contributed by atoms with van der Waals surface area (Å²) < 4.78 is 0.865. The zero-order chi connectivity index (χ0) is 13.3. The Morgan fingerprint density at radius 1 is 1.41 bits per heavy atom. The van der Waals surface area contributed by atoms with Crippen LogP contribution in [-0.2, 0) is 0 Å². The number of carbonyl (C=O) groups excluding carboxylic acids is 1. The number of likely N-dealkylation sites (N-methyl/N-ethyl adjacent to an activating group) is 1. The Balaban J connectivity index is 2.89. The predicted octanol–water partition coefficient (Wildman–Crippen LogP) is 2.23. The van der Waals surface area contributed by atoms with Gasteiger partial charge in [0.15, 0.2) is 0 Å². The van der Waals surface area contributed by atoms with Crippen LogP contribution in [0.2, 0.25) is 0 Å². The highest BCUT2D eigenvalue weighted by molar-refractivity contribution is 5.96. The highest BCUT2D eigenvalue weighted by atomic mass is 16.2. The average molecular weight is 239 g/mol. The molecule has 96 valence electrons. The second kappa shape index (κ2) is 4.70. The van der Waals surface area contributed by atoms with Crippen molar-refractivity contribution in [1.29, 1.82) is 0 Å². The molecule has 0 aromatic rings. The number of nitrogens with zero attached hydrogens (tertiary/aromatic N) is 3. The molecule has 4 heteroatoms. The summed E-state index contributed by atoms with van der Waals surface area (Å²) in [6.07, 6.45) is 5.03. The third-order valence-corrected chi connectivity index (χ3v) is 3.27. The van der Waals surface area contributed by atoms with Crippen LogP contribution in [0.3, 0.4) is 0 Å². The first kappa shape index (κ1) is 14.1. The van der Waals surface area contributed by atoms with Gasteiger partial charge >= 0.3 is 6.03 Å². The van der Waals surface area contributed by atoms with Gasteiger partial charge in [-0.25, -0.2) is 9.28 Å². The van der Waals surface area contributed by atoms with Gasteiger partial charge < -0.3 is 0 Å². The summed E-state index contributed by atoms with van der Waals surface area (Å²) in [5, 5.41) is 0. The fourth-order valence-electron chi connectivity index (χ4n) is 1.83. The molecule has 2 amide bonds. The van der Waals surface area contributed by atoms with Crippen LogP contribution < -0.4 is 0 Å². The van der Waals surface area contributed by atoms with Crippen LogP contribution in [0.15, 0.2) is 17.3 Å². The molecule has 1 aliphatic rings. The number of quaternary nitrogens is 2. The summed E-state index contributed by atoms with van der Waals surface area (Å²) in [4.78, 5) is 16.4. The van der Waals surface area contributed by atoms with Gasteiger partial charge in [0.05, 0.1) is 40.8 Å². The number of amidine groups is 1. The van der Waals surface area contributed by atoms with E-state index in [1.807, 2.05) is 40.5 Å². The van der Waals surface area contributed by atoms with Crippen molar-refractivity contribution in [2.24, 2.45) is 10.9 Å². The Bertz CT molecular complexity index is 365. The maximum Gasteiger partial charge on any atom is 0.452 e. The number of hydrogen-bond acceptors (Lipinski definition) is 1. The van der Waals surface area contributed by atoms with Crippen LogP contribution in [-0.4, -0.2) is 55.6 Å². The van der Waals surface area contributed by atoms with Crippen LogP contribution in [0, 0.1) is 5.92 Å². The quantitative estimate of drug-likeness (QED) is 0.694. The van der Waals surface area contributed by atoms with E-state index in [1.54, 1.807) is 0 Å². The molecule has 0 spiro atoms. The lowest BCUT2D eigenvalue weighted by molar-refractivity contribution is -0.789. The van der Waals surface area contributed by atoms with Crippen LogP contribution >= 0.6 is 0 Å². The highest BCUT2D eigenvalue weighted by Crippen LogP contribution is 2.19. The Hall–Kier alpha value is -1.00. The second-order valence-corrected chi connectivity index (χ2v) is 6.04. The van der Waals surface area contributed by atoms with Crippen molar-refractivity contribution in [1.82, 2.24) is 0 Å². The molecule has 0 fully saturated rings. The number of rotatable bonds is 3. The minimum absolute atomic E-state index is 0.0594. The molecule has 0 aliphatic carbocycles. The molecule has 1 rings (SSSR count). The summed E-state index contributed by atoms with van der Waals surface area (Å²) in [5.41, 5.74) is 0. The van der Waals surface area contributed by atoms with Gasteiger partial charge in [0.2, 0.25) is 5.84 Å². The summed E-state index contributed by atoms with van der Waals surface area (Å²) in [6.45, 7) is 5.14. The Morgan fingerprint density at radius 3 is 2.41 bits per heavy atom. The van der Waals surface area contributed by atoms with Gasteiger partial charge in [-0.1, -0.05) is 13.8 Å². The average Bonchev–Trinajstić information content (AvgIpc) is 2.20. The normalized spacial score (nSPS) is 26.9. The van der Waals surface area contributed by atoms with Crippen molar-refractivity contribution >= 4 is 11.9 Å². The topological polar surface area (TPSA) is 29.4 Å². The molecule has 0 saturated carbocycles.